The fraction of sp³-hybridized carbons (Fsp3) is 1.00. The lowest BCUT2D eigenvalue weighted by Gasteiger charge is -2.32. The summed E-state index contributed by atoms with van der Waals surface area (Å²) >= 11 is 0. The van der Waals surface area contributed by atoms with Gasteiger partial charge in [-0.15, -0.1) is 0 Å². The molecule has 0 radical (unpaired) electrons. The average Bonchev–Trinajstić information content (AvgIpc) is 2.73. The molecule has 2 aliphatic rings. The Hall–Kier alpha value is -0.160. The zero-order valence-corrected chi connectivity index (χ0v) is 10.2. The van der Waals surface area contributed by atoms with Crippen molar-refractivity contribution in [2.45, 2.75) is 31.4 Å². The van der Waals surface area contributed by atoms with E-state index in [0.29, 0.717) is 6.04 Å². The molecular weight excluding hydrogens is 204 g/mol. The van der Waals surface area contributed by atoms with Crippen molar-refractivity contribution in [3.05, 3.63) is 0 Å². The molecule has 0 aromatic carbocycles. The summed E-state index contributed by atoms with van der Waals surface area (Å²) in [7, 11) is 2.05. The molecule has 0 aliphatic carbocycles. The van der Waals surface area contributed by atoms with Crippen molar-refractivity contribution in [3.63, 3.8) is 0 Å². The number of aliphatic hydroxyl groups is 1. The Morgan fingerprint density at radius 1 is 1.38 bits per heavy atom. The van der Waals surface area contributed by atoms with Crippen LogP contribution in [0.4, 0.5) is 0 Å². The molecule has 2 fully saturated rings. The van der Waals surface area contributed by atoms with Crippen LogP contribution in [0.1, 0.15) is 19.3 Å². The number of β-amino-alcohol motifs (C(OH)–C–C–N with tert-alkyl or cyclic N) is 1. The van der Waals surface area contributed by atoms with Gasteiger partial charge in [-0.3, -0.25) is 4.90 Å². The maximum absolute atomic E-state index is 9.51. The van der Waals surface area contributed by atoms with Gasteiger partial charge in [-0.2, -0.15) is 0 Å². The highest BCUT2D eigenvalue weighted by atomic mass is 16.5. The highest BCUT2D eigenvalue weighted by molar-refractivity contribution is 4.84. The number of nitrogens with one attached hydrogen (secondary N) is 1. The molecule has 0 spiro atoms. The van der Waals surface area contributed by atoms with Gasteiger partial charge in [0.25, 0.3) is 0 Å². The molecule has 2 N–H and O–H groups in total. The van der Waals surface area contributed by atoms with Crippen LogP contribution in [0.5, 0.6) is 0 Å². The smallest absolute Gasteiger partial charge is 0.0679 e. The number of aliphatic hydroxyl groups excluding tert-OH is 1. The molecule has 4 heteroatoms. The van der Waals surface area contributed by atoms with E-state index in [0.717, 1.165) is 45.2 Å². The summed E-state index contributed by atoms with van der Waals surface area (Å²) in [6.45, 7) is 4.78. The molecule has 2 heterocycles. The Labute approximate surface area is 98.0 Å². The van der Waals surface area contributed by atoms with E-state index in [9.17, 15) is 5.11 Å². The van der Waals surface area contributed by atoms with Crippen LogP contribution in [0, 0.1) is 5.92 Å². The third-order valence-corrected chi connectivity index (χ3v) is 3.91. The summed E-state index contributed by atoms with van der Waals surface area (Å²) in [6.07, 6.45) is 3.17. The molecule has 2 saturated heterocycles. The quantitative estimate of drug-likeness (QED) is 0.714. The molecule has 1 unspecified atom stereocenters. The maximum atomic E-state index is 9.51. The largest absolute Gasteiger partial charge is 0.392 e. The van der Waals surface area contributed by atoms with Crippen LogP contribution < -0.4 is 5.32 Å². The molecule has 2 rings (SSSR count). The number of likely N-dealkylation sites (N-methyl/N-ethyl adjacent to an activating group) is 1. The van der Waals surface area contributed by atoms with Crippen molar-refractivity contribution in [1.82, 2.24) is 10.2 Å². The highest BCUT2D eigenvalue weighted by Crippen LogP contribution is 2.20. The Morgan fingerprint density at radius 2 is 2.12 bits per heavy atom. The van der Waals surface area contributed by atoms with Gasteiger partial charge in [0.15, 0.2) is 0 Å². The number of ether oxygens (including phenoxy) is 1. The van der Waals surface area contributed by atoms with E-state index in [-0.39, 0.29) is 6.10 Å². The second kappa shape index (κ2) is 5.96. The maximum Gasteiger partial charge on any atom is 0.0679 e. The second-order valence-corrected chi connectivity index (χ2v) is 5.05. The summed E-state index contributed by atoms with van der Waals surface area (Å²) < 4.78 is 5.40. The second-order valence-electron chi connectivity index (χ2n) is 5.05. The third kappa shape index (κ3) is 3.17. The van der Waals surface area contributed by atoms with E-state index < -0.39 is 0 Å². The molecule has 2 atom stereocenters. The van der Waals surface area contributed by atoms with Crippen LogP contribution in [0.3, 0.4) is 0 Å². The first-order valence-electron chi connectivity index (χ1n) is 6.45. The van der Waals surface area contributed by atoms with Crippen molar-refractivity contribution in [3.8, 4) is 0 Å². The number of nitrogens with zero attached hydrogens (tertiary/aromatic N) is 1. The minimum absolute atomic E-state index is 0.104. The van der Waals surface area contributed by atoms with Crippen LogP contribution in [-0.4, -0.2) is 62.0 Å². The summed E-state index contributed by atoms with van der Waals surface area (Å²) in [5, 5.41) is 12.9. The first kappa shape index (κ1) is 12.3. The van der Waals surface area contributed by atoms with Crippen LogP contribution in [-0.2, 0) is 4.74 Å². The first-order chi connectivity index (χ1) is 7.79. The van der Waals surface area contributed by atoms with Gasteiger partial charge in [-0.25, -0.2) is 0 Å². The van der Waals surface area contributed by atoms with Gasteiger partial charge < -0.3 is 15.2 Å². The van der Waals surface area contributed by atoms with Gasteiger partial charge in [0.1, 0.15) is 0 Å². The van der Waals surface area contributed by atoms with Gasteiger partial charge >= 0.3 is 0 Å². The minimum atomic E-state index is -0.104. The van der Waals surface area contributed by atoms with E-state index in [1.165, 1.54) is 12.8 Å². The molecule has 94 valence electrons. The molecule has 4 nitrogen and oxygen atoms in total. The summed E-state index contributed by atoms with van der Waals surface area (Å²) in [6, 6.07) is 0.550. The third-order valence-electron chi connectivity index (χ3n) is 3.91. The molecule has 2 aliphatic heterocycles. The minimum Gasteiger partial charge on any atom is -0.392 e. The van der Waals surface area contributed by atoms with E-state index in [4.69, 9.17) is 4.74 Å². The van der Waals surface area contributed by atoms with Gasteiger partial charge in [0.2, 0.25) is 0 Å². The number of hydrogen-bond acceptors (Lipinski definition) is 4. The van der Waals surface area contributed by atoms with Crippen LogP contribution >= 0.6 is 0 Å². The molecular formula is C12H24N2O2. The number of hydrogen-bond donors (Lipinski definition) is 2. The summed E-state index contributed by atoms with van der Waals surface area (Å²) in [5.74, 6) is 0.733. The van der Waals surface area contributed by atoms with Crippen molar-refractivity contribution in [1.29, 1.82) is 0 Å². The lowest BCUT2D eigenvalue weighted by Crippen LogP contribution is -2.45. The van der Waals surface area contributed by atoms with Crippen molar-refractivity contribution in [2.24, 2.45) is 5.92 Å². The lowest BCUT2D eigenvalue weighted by atomic mass is 9.91. The SMILES string of the molecule is CNC(CN1CC[C@H](O)C1)C1CCOCC1. The van der Waals surface area contributed by atoms with Gasteiger partial charge in [0.05, 0.1) is 6.10 Å². The Morgan fingerprint density at radius 3 is 2.69 bits per heavy atom. The molecule has 0 amide bonds. The predicted molar refractivity (Wildman–Crippen MR) is 63.5 cm³/mol. The van der Waals surface area contributed by atoms with Crippen molar-refractivity contribution < 1.29 is 9.84 Å². The molecule has 16 heavy (non-hydrogen) atoms. The van der Waals surface area contributed by atoms with Gasteiger partial charge in [0, 0.05) is 38.9 Å². The molecule has 0 aromatic rings. The van der Waals surface area contributed by atoms with E-state index >= 15 is 0 Å². The fourth-order valence-electron chi connectivity index (χ4n) is 2.85. The number of rotatable bonds is 4. The van der Waals surface area contributed by atoms with E-state index in [1.54, 1.807) is 0 Å². The van der Waals surface area contributed by atoms with Gasteiger partial charge in [-0.1, -0.05) is 0 Å². The molecule has 0 saturated carbocycles. The molecule has 0 aromatic heterocycles. The summed E-state index contributed by atoms with van der Waals surface area (Å²) in [4.78, 5) is 2.38. The fourth-order valence-corrected chi connectivity index (χ4v) is 2.85. The van der Waals surface area contributed by atoms with Crippen molar-refractivity contribution >= 4 is 0 Å². The normalized spacial score (nSPS) is 30.8. The standard InChI is InChI=1S/C12H24N2O2/c1-13-12(10-3-6-16-7-4-10)9-14-5-2-11(15)8-14/h10-13,15H,2-9H2,1H3/t11-,12?/m0/s1. The van der Waals surface area contributed by atoms with E-state index in [1.807, 2.05) is 7.05 Å². The topological polar surface area (TPSA) is 44.7 Å². The zero-order valence-electron chi connectivity index (χ0n) is 10.2. The Kier molecular flexibility index (Phi) is 4.58. The number of likely N-dealkylation sites (tertiary alicyclic amines) is 1. The molecule has 0 bridgehead atoms. The summed E-state index contributed by atoms with van der Waals surface area (Å²) in [5.41, 5.74) is 0. The predicted octanol–water partition coefficient (Wildman–Crippen LogP) is 0.0676. The van der Waals surface area contributed by atoms with Gasteiger partial charge in [-0.05, 0) is 32.2 Å². The Bertz CT molecular complexity index is 207. The average molecular weight is 228 g/mol. The first-order valence-corrected chi connectivity index (χ1v) is 6.45. The van der Waals surface area contributed by atoms with Crippen LogP contribution in [0.25, 0.3) is 0 Å². The van der Waals surface area contributed by atoms with E-state index in [2.05, 4.69) is 10.2 Å². The van der Waals surface area contributed by atoms with Crippen LogP contribution in [0.15, 0.2) is 0 Å². The lowest BCUT2D eigenvalue weighted by molar-refractivity contribution is 0.0491. The highest BCUT2D eigenvalue weighted by Gasteiger charge is 2.27. The monoisotopic (exact) mass is 228 g/mol. The van der Waals surface area contributed by atoms with Crippen molar-refractivity contribution in [2.75, 3.05) is 39.9 Å². The Balaban J connectivity index is 1.80. The van der Waals surface area contributed by atoms with Crippen LogP contribution in [0.2, 0.25) is 0 Å². The zero-order chi connectivity index (χ0) is 11.4.